The maximum Gasteiger partial charge on any atom is 0.224 e. The molecule has 2 heterocycles. The first-order valence-corrected chi connectivity index (χ1v) is 13.9. The van der Waals surface area contributed by atoms with Gasteiger partial charge < -0.3 is 24.6 Å². The summed E-state index contributed by atoms with van der Waals surface area (Å²) in [7, 11) is 2.01. The molecule has 1 aromatic carbocycles. The van der Waals surface area contributed by atoms with Gasteiger partial charge in [0, 0.05) is 70.5 Å². The maximum absolute atomic E-state index is 10.8. The SMILES string of the molecule is C=C(OC(C)(C)C)N1CCN(C(CC)c2ccc(CNc3ncc(CCC=O)c(N(C)CC)n3)cc2)CC1. The molecule has 0 spiro atoms. The second-order valence-electron chi connectivity index (χ2n) is 10.9. The van der Waals surface area contributed by atoms with Gasteiger partial charge >= 0.3 is 0 Å². The summed E-state index contributed by atoms with van der Waals surface area (Å²) in [4.78, 5) is 27.0. The van der Waals surface area contributed by atoms with E-state index in [1.807, 2.05) is 13.2 Å². The van der Waals surface area contributed by atoms with Crippen molar-refractivity contribution in [2.24, 2.45) is 0 Å². The van der Waals surface area contributed by atoms with E-state index in [9.17, 15) is 4.79 Å². The molecule has 8 nitrogen and oxygen atoms in total. The first-order chi connectivity index (χ1) is 18.1. The molecule has 1 unspecified atom stereocenters. The lowest BCUT2D eigenvalue weighted by Gasteiger charge is -2.41. The van der Waals surface area contributed by atoms with E-state index in [0.29, 0.717) is 31.4 Å². The molecule has 208 valence electrons. The van der Waals surface area contributed by atoms with Gasteiger partial charge in [0.25, 0.3) is 0 Å². The van der Waals surface area contributed by atoms with Crippen LogP contribution in [0.2, 0.25) is 0 Å². The van der Waals surface area contributed by atoms with Crippen LogP contribution in [0.1, 0.15) is 70.2 Å². The smallest absolute Gasteiger partial charge is 0.224 e. The van der Waals surface area contributed by atoms with Crippen LogP contribution < -0.4 is 10.2 Å². The predicted octanol–water partition coefficient (Wildman–Crippen LogP) is 5.03. The van der Waals surface area contributed by atoms with Crippen LogP contribution in [0, 0.1) is 0 Å². The van der Waals surface area contributed by atoms with Gasteiger partial charge in [-0.15, -0.1) is 0 Å². The van der Waals surface area contributed by atoms with Crippen LogP contribution in [0.5, 0.6) is 0 Å². The highest BCUT2D eigenvalue weighted by atomic mass is 16.5. The van der Waals surface area contributed by atoms with Crippen LogP contribution >= 0.6 is 0 Å². The summed E-state index contributed by atoms with van der Waals surface area (Å²) in [6.07, 6.45) is 4.96. The van der Waals surface area contributed by atoms with Crippen molar-refractivity contribution >= 4 is 18.1 Å². The minimum atomic E-state index is -0.225. The average molecular weight is 523 g/mol. The van der Waals surface area contributed by atoms with E-state index in [1.54, 1.807) is 0 Å². The van der Waals surface area contributed by atoms with Crippen LogP contribution in [-0.4, -0.2) is 71.4 Å². The van der Waals surface area contributed by atoms with Gasteiger partial charge in [-0.2, -0.15) is 4.98 Å². The molecule has 1 fully saturated rings. The van der Waals surface area contributed by atoms with Gasteiger partial charge in [0.15, 0.2) is 5.88 Å². The van der Waals surface area contributed by atoms with Crippen LogP contribution in [0.4, 0.5) is 11.8 Å². The third-order valence-corrected chi connectivity index (χ3v) is 6.94. The van der Waals surface area contributed by atoms with Gasteiger partial charge in [-0.05, 0) is 58.2 Å². The molecule has 38 heavy (non-hydrogen) atoms. The monoisotopic (exact) mass is 522 g/mol. The molecular formula is C30H46N6O2. The van der Waals surface area contributed by atoms with Crippen LogP contribution in [0.15, 0.2) is 42.9 Å². The first kappa shape index (κ1) is 29.4. The van der Waals surface area contributed by atoms with Crippen molar-refractivity contribution < 1.29 is 9.53 Å². The third-order valence-electron chi connectivity index (χ3n) is 6.94. The number of ether oxygens (including phenoxy) is 1. The number of anilines is 2. The first-order valence-electron chi connectivity index (χ1n) is 13.9. The number of rotatable bonds is 13. The quantitative estimate of drug-likeness (QED) is 0.290. The number of aldehydes is 1. The summed E-state index contributed by atoms with van der Waals surface area (Å²) < 4.78 is 5.98. The minimum absolute atomic E-state index is 0.225. The topological polar surface area (TPSA) is 73.8 Å². The second-order valence-corrected chi connectivity index (χ2v) is 10.9. The van der Waals surface area contributed by atoms with E-state index in [4.69, 9.17) is 9.72 Å². The molecule has 1 aromatic heterocycles. The number of aromatic nitrogens is 2. The van der Waals surface area contributed by atoms with Gasteiger partial charge in [0.2, 0.25) is 5.95 Å². The average Bonchev–Trinajstić information content (AvgIpc) is 2.91. The lowest BCUT2D eigenvalue weighted by molar-refractivity contribution is -0.107. The highest BCUT2D eigenvalue weighted by Gasteiger charge is 2.26. The summed E-state index contributed by atoms with van der Waals surface area (Å²) in [5.41, 5.74) is 3.30. The molecule has 0 saturated carbocycles. The highest BCUT2D eigenvalue weighted by Crippen LogP contribution is 2.27. The van der Waals surface area contributed by atoms with E-state index in [2.05, 4.69) is 90.5 Å². The Bertz CT molecular complexity index is 1040. The fourth-order valence-corrected chi connectivity index (χ4v) is 4.80. The predicted molar refractivity (Wildman–Crippen MR) is 155 cm³/mol. The molecule has 8 heteroatoms. The van der Waals surface area contributed by atoms with Gasteiger partial charge in [-0.1, -0.05) is 31.2 Å². The summed E-state index contributed by atoms with van der Waals surface area (Å²) in [5.74, 6) is 2.25. The normalized spacial score (nSPS) is 15.2. The van der Waals surface area contributed by atoms with Crippen molar-refractivity contribution in [1.29, 1.82) is 0 Å². The van der Waals surface area contributed by atoms with E-state index in [0.717, 1.165) is 62.7 Å². The van der Waals surface area contributed by atoms with Crippen molar-refractivity contribution in [3.8, 4) is 0 Å². The van der Waals surface area contributed by atoms with Gasteiger partial charge in [-0.3, -0.25) is 4.90 Å². The molecule has 3 rings (SSSR count). The summed E-state index contributed by atoms with van der Waals surface area (Å²) >= 11 is 0. The number of nitrogens with zero attached hydrogens (tertiary/aromatic N) is 5. The Labute approximate surface area is 229 Å². The fraction of sp³-hybridized carbons (Fsp3) is 0.567. The molecule has 1 saturated heterocycles. The standard InChI is InChI=1S/C30H46N6O2/c1-8-27(36-18-16-35(17-19-36)23(3)38-30(4,5)6)25-14-12-24(13-15-25)21-31-29-32-22-26(11-10-20-37)28(33-29)34(7)9-2/h12-15,20,22,27H,3,8-11,16-19,21H2,1-2,4-7H3,(H,31,32,33). The summed E-state index contributed by atoms with van der Waals surface area (Å²) in [5, 5.41) is 3.37. The van der Waals surface area contributed by atoms with Gasteiger partial charge in [0.05, 0.1) is 0 Å². The maximum atomic E-state index is 10.8. The van der Waals surface area contributed by atoms with Crippen molar-refractivity contribution in [1.82, 2.24) is 19.8 Å². The Morgan fingerprint density at radius 3 is 2.45 bits per heavy atom. The van der Waals surface area contributed by atoms with Crippen molar-refractivity contribution in [2.45, 2.75) is 72.1 Å². The largest absolute Gasteiger partial charge is 0.474 e. The zero-order chi connectivity index (χ0) is 27.7. The van der Waals surface area contributed by atoms with Crippen LogP contribution in [0.3, 0.4) is 0 Å². The molecule has 2 aromatic rings. The number of aryl methyl sites for hydroxylation is 1. The number of piperazine rings is 1. The van der Waals surface area contributed by atoms with Crippen molar-refractivity contribution in [3.63, 3.8) is 0 Å². The van der Waals surface area contributed by atoms with E-state index in [-0.39, 0.29) is 5.60 Å². The molecule has 0 aliphatic carbocycles. The second kappa shape index (κ2) is 13.6. The van der Waals surface area contributed by atoms with Gasteiger partial charge in [-0.25, -0.2) is 4.98 Å². The van der Waals surface area contributed by atoms with Crippen molar-refractivity contribution in [3.05, 3.63) is 59.6 Å². The third kappa shape index (κ3) is 8.18. The molecule has 1 atom stereocenters. The van der Waals surface area contributed by atoms with E-state index in [1.165, 1.54) is 11.1 Å². The Morgan fingerprint density at radius 2 is 1.87 bits per heavy atom. The summed E-state index contributed by atoms with van der Waals surface area (Å²) in [6, 6.07) is 9.28. The molecule has 1 N–H and O–H groups in total. The number of carbonyl (C=O) groups excluding carboxylic acids is 1. The zero-order valence-electron chi connectivity index (χ0n) is 24.2. The van der Waals surface area contributed by atoms with E-state index >= 15 is 0 Å². The Kier molecular flexibility index (Phi) is 10.5. The lowest BCUT2D eigenvalue weighted by atomic mass is 10.0. The molecule has 0 radical (unpaired) electrons. The molecule has 1 aliphatic rings. The Hall–Kier alpha value is -3.13. The Balaban J connectivity index is 1.58. The molecular weight excluding hydrogens is 476 g/mol. The zero-order valence-corrected chi connectivity index (χ0v) is 24.2. The number of hydrogen-bond acceptors (Lipinski definition) is 8. The van der Waals surface area contributed by atoms with E-state index < -0.39 is 0 Å². The molecule has 1 aliphatic heterocycles. The fourth-order valence-electron chi connectivity index (χ4n) is 4.80. The van der Waals surface area contributed by atoms with Crippen LogP contribution in [-0.2, 0) is 22.5 Å². The van der Waals surface area contributed by atoms with Crippen molar-refractivity contribution in [2.75, 3.05) is 50.0 Å². The number of carbonyl (C=O) groups is 1. The van der Waals surface area contributed by atoms with Gasteiger partial charge in [0.1, 0.15) is 17.7 Å². The highest BCUT2D eigenvalue weighted by molar-refractivity contribution is 5.54. The minimum Gasteiger partial charge on any atom is -0.474 e. The summed E-state index contributed by atoms with van der Waals surface area (Å²) in [6.45, 7) is 20.0. The molecule has 0 bridgehead atoms. The number of benzene rings is 1. The lowest BCUT2D eigenvalue weighted by Crippen LogP contribution is -2.47. The Morgan fingerprint density at radius 1 is 1.18 bits per heavy atom. The molecule has 0 amide bonds. The van der Waals surface area contributed by atoms with Crippen LogP contribution in [0.25, 0.3) is 0 Å². The number of nitrogens with one attached hydrogen (secondary N) is 1. The number of hydrogen-bond donors (Lipinski definition) is 1.